The maximum absolute atomic E-state index is 13.1. The Hall–Kier alpha value is -2.12. The van der Waals surface area contributed by atoms with Crippen LogP contribution in [0.3, 0.4) is 0 Å². The van der Waals surface area contributed by atoms with Crippen molar-refractivity contribution in [2.45, 2.75) is 18.7 Å². The van der Waals surface area contributed by atoms with Gasteiger partial charge in [-0.15, -0.1) is 0 Å². The van der Waals surface area contributed by atoms with E-state index in [2.05, 4.69) is 10.0 Å². The summed E-state index contributed by atoms with van der Waals surface area (Å²) in [6.45, 7) is 3.04. The predicted octanol–water partition coefficient (Wildman–Crippen LogP) is 3.55. The second-order valence-electron chi connectivity index (χ2n) is 4.89. The maximum atomic E-state index is 13.1. The van der Waals surface area contributed by atoms with Crippen molar-refractivity contribution in [2.24, 2.45) is 0 Å². The molecule has 0 atom stereocenters. The molecule has 1 amide bonds. The highest BCUT2D eigenvalue weighted by atomic mass is 35.5. The first kappa shape index (κ1) is 17.2. The normalized spacial score (nSPS) is 11.1. The Morgan fingerprint density at radius 3 is 2.43 bits per heavy atom. The van der Waals surface area contributed by atoms with E-state index in [9.17, 15) is 17.6 Å². The Morgan fingerprint density at radius 2 is 1.87 bits per heavy atom. The second-order valence-corrected chi connectivity index (χ2v) is 6.98. The lowest BCUT2D eigenvalue weighted by atomic mass is 10.2. The minimum absolute atomic E-state index is 0.0181. The number of aryl methyl sites for hydroxylation is 1. The van der Waals surface area contributed by atoms with Gasteiger partial charge in [-0.25, -0.2) is 12.8 Å². The molecule has 5 nitrogen and oxygen atoms in total. The number of carbonyl (C=O) groups excluding carboxylic acids is 1. The van der Waals surface area contributed by atoms with E-state index in [1.54, 1.807) is 6.92 Å². The summed E-state index contributed by atoms with van der Waals surface area (Å²) in [6, 6.07) is 7.84. The first-order chi connectivity index (χ1) is 10.7. The van der Waals surface area contributed by atoms with Crippen LogP contribution >= 0.6 is 11.6 Å². The Morgan fingerprint density at radius 1 is 1.17 bits per heavy atom. The summed E-state index contributed by atoms with van der Waals surface area (Å²) in [5.74, 6) is -0.882. The van der Waals surface area contributed by atoms with Crippen LogP contribution in [0.1, 0.15) is 12.5 Å². The van der Waals surface area contributed by atoms with Crippen molar-refractivity contribution in [2.75, 3.05) is 10.0 Å². The summed E-state index contributed by atoms with van der Waals surface area (Å²) in [4.78, 5) is 11.1. The molecule has 23 heavy (non-hydrogen) atoms. The van der Waals surface area contributed by atoms with Gasteiger partial charge in [0.25, 0.3) is 10.0 Å². The summed E-state index contributed by atoms with van der Waals surface area (Å²) < 4.78 is 40.1. The van der Waals surface area contributed by atoms with Crippen molar-refractivity contribution < 1.29 is 17.6 Å². The lowest BCUT2D eigenvalue weighted by Crippen LogP contribution is -2.14. The van der Waals surface area contributed by atoms with Crippen LogP contribution in [0.2, 0.25) is 5.02 Å². The van der Waals surface area contributed by atoms with Crippen LogP contribution in [-0.2, 0) is 14.8 Å². The minimum atomic E-state index is -3.85. The first-order valence-electron chi connectivity index (χ1n) is 6.55. The highest BCUT2D eigenvalue weighted by Gasteiger charge is 2.16. The number of rotatable bonds is 4. The number of anilines is 2. The van der Waals surface area contributed by atoms with Gasteiger partial charge in [-0.1, -0.05) is 11.6 Å². The summed E-state index contributed by atoms with van der Waals surface area (Å²) in [5, 5.41) is 2.42. The maximum Gasteiger partial charge on any atom is 0.261 e. The molecule has 0 heterocycles. The van der Waals surface area contributed by atoms with Gasteiger partial charge in [0, 0.05) is 12.6 Å². The highest BCUT2D eigenvalue weighted by molar-refractivity contribution is 7.92. The van der Waals surface area contributed by atoms with Gasteiger partial charge < -0.3 is 5.32 Å². The van der Waals surface area contributed by atoms with E-state index >= 15 is 0 Å². The van der Waals surface area contributed by atoms with Crippen LogP contribution in [0.25, 0.3) is 0 Å². The number of carbonyl (C=O) groups is 1. The van der Waals surface area contributed by atoms with E-state index in [0.29, 0.717) is 11.3 Å². The lowest BCUT2D eigenvalue weighted by Gasteiger charge is -2.11. The molecule has 2 N–H and O–H groups in total. The van der Waals surface area contributed by atoms with Crippen LogP contribution in [0.15, 0.2) is 41.3 Å². The van der Waals surface area contributed by atoms with E-state index in [1.807, 2.05) is 0 Å². The molecule has 122 valence electrons. The van der Waals surface area contributed by atoms with E-state index in [0.717, 1.165) is 6.07 Å². The van der Waals surface area contributed by atoms with Gasteiger partial charge in [0.2, 0.25) is 5.91 Å². The molecule has 0 aliphatic heterocycles. The molecule has 2 aromatic carbocycles. The Kier molecular flexibility index (Phi) is 4.91. The molecule has 2 aromatic rings. The standard InChI is InChI=1S/C15H14ClFN2O3S/c1-9-7-12(4-6-15(9)18-10(2)20)23(21,22)19-11-3-5-14(17)13(16)8-11/h3-8,19H,1-2H3,(H,18,20). The molecule has 0 aliphatic carbocycles. The molecular formula is C15H14ClFN2O3S. The van der Waals surface area contributed by atoms with Gasteiger partial charge in [-0.3, -0.25) is 9.52 Å². The van der Waals surface area contributed by atoms with Crippen molar-refractivity contribution in [1.82, 2.24) is 0 Å². The Labute approximate surface area is 138 Å². The number of halogens is 2. The fourth-order valence-electron chi connectivity index (χ4n) is 1.91. The minimum Gasteiger partial charge on any atom is -0.326 e. The van der Waals surface area contributed by atoms with E-state index < -0.39 is 15.8 Å². The predicted molar refractivity (Wildman–Crippen MR) is 87.7 cm³/mol. The van der Waals surface area contributed by atoms with E-state index in [1.165, 1.54) is 37.3 Å². The quantitative estimate of drug-likeness (QED) is 0.879. The van der Waals surface area contributed by atoms with Crippen LogP contribution in [0.5, 0.6) is 0 Å². The van der Waals surface area contributed by atoms with E-state index in [4.69, 9.17) is 11.6 Å². The number of sulfonamides is 1. The number of amides is 1. The molecule has 8 heteroatoms. The van der Waals surface area contributed by atoms with Gasteiger partial charge in [0.15, 0.2) is 0 Å². The number of hydrogen-bond acceptors (Lipinski definition) is 3. The van der Waals surface area contributed by atoms with Crippen molar-refractivity contribution >= 4 is 38.9 Å². The van der Waals surface area contributed by atoms with Crippen molar-refractivity contribution in [3.63, 3.8) is 0 Å². The van der Waals surface area contributed by atoms with Gasteiger partial charge in [-0.2, -0.15) is 0 Å². The number of hydrogen-bond donors (Lipinski definition) is 2. The Balaban J connectivity index is 2.30. The zero-order valence-electron chi connectivity index (χ0n) is 12.4. The summed E-state index contributed by atoms with van der Waals surface area (Å²) in [7, 11) is -3.85. The van der Waals surface area contributed by atoms with Crippen molar-refractivity contribution in [3.05, 3.63) is 52.8 Å². The molecule has 0 radical (unpaired) electrons. The first-order valence-corrected chi connectivity index (χ1v) is 8.41. The average molecular weight is 357 g/mol. The molecule has 2 rings (SSSR count). The average Bonchev–Trinajstić information content (AvgIpc) is 2.44. The molecule has 0 unspecified atom stereocenters. The van der Waals surface area contributed by atoms with E-state index in [-0.39, 0.29) is 21.5 Å². The summed E-state index contributed by atoms with van der Waals surface area (Å²) in [5.41, 5.74) is 1.28. The molecule has 0 aliphatic rings. The highest BCUT2D eigenvalue weighted by Crippen LogP contribution is 2.24. The van der Waals surface area contributed by atoms with Gasteiger partial charge in [0.05, 0.1) is 15.6 Å². The Bertz CT molecular complexity index is 869. The van der Waals surface area contributed by atoms with Crippen molar-refractivity contribution in [1.29, 1.82) is 0 Å². The monoisotopic (exact) mass is 356 g/mol. The smallest absolute Gasteiger partial charge is 0.261 e. The second kappa shape index (κ2) is 6.55. The van der Waals surface area contributed by atoms with Gasteiger partial charge in [-0.05, 0) is 48.9 Å². The molecule has 0 bridgehead atoms. The summed E-state index contributed by atoms with van der Waals surface area (Å²) in [6.07, 6.45) is 0. The molecule has 0 saturated heterocycles. The zero-order valence-corrected chi connectivity index (χ0v) is 13.9. The fraction of sp³-hybridized carbons (Fsp3) is 0.133. The number of benzene rings is 2. The van der Waals surface area contributed by atoms with Crippen LogP contribution < -0.4 is 10.0 Å². The van der Waals surface area contributed by atoms with Crippen molar-refractivity contribution in [3.8, 4) is 0 Å². The zero-order chi connectivity index (χ0) is 17.2. The third-order valence-electron chi connectivity index (χ3n) is 2.99. The van der Waals surface area contributed by atoms with Crippen LogP contribution in [0, 0.1) is 12.7 Å². The topological polar surface area (TPSA) is 75.3 Å². The third-order valence-corrected chi connectivity index (χ3v) is 4.66. The fourth-order valence-corrected chi connectivity index (χ4v) is 3.22. The van der Waals surface area contributed by atoms with Gasteiger partial charge in [0.1, 0.15) is 5.82 Å². The largest absolute Gasteiger partial charge is 0.326 e. The molecule has 0 fully saturated rings. The SMILES string of the molecule is CC(=O)Nc1ccc(S(=O)(=O)Nc2ccc(F)c(Cl)c2)cc1C. The van der Waals surface area contributed by atoms with Gasteiger partial charge >= 0.3 is 0 Å². The number of nitrogens with one attached hydrogen (secondary N) is 2. The van der Waals surface area contributed by atoms with Crippen LogP contribution in [0.4, 0.5) is 15.8 Å². The molecular weight excluding hydrogens is 343 g/mol. The summed E-state index contributed by atoms with van der Waals surface area (Å²) >= 11 is 5.63. The molecule has 0 aromatic heterocycles. The molecule has 0 spiro atoms. The molecule has 0 saturated carbocycles. The lowest BCUT2D eigenvalue weighted by molar-refractivity contribution is -0.114. The third kappa shape index (κ3) is 4.20. The van der Waals surface area contributed by atoms with Crippen LogP contribution in [-0.4, -0.2) is 14.3 Å².